The van der Waals surface area contributed by atoms with E-state index in [1.54, 1.807) is 13.2 Å². The molecule has 3 aromatic rings. The first kappa shape index (κ1) is 26.8. The van der Waals surface area contributed by atoms with Crippen molar-refractivity contribution >= 4 is 29.1 Å². The third-order valence-corrected chi connectivity index (χ3v) is 8.14. The number of halogens is 2. The quantitative estimate of drug-likeness (QED) is 0.350. The van der Waals surface area contributed by atoms with E-state index in [-0.39, 0.29) is 6.04 Å². The highest BCUT2D eigenvalue weighted by molar-refractivity contribution is 6.33. The molecule has 6 nitrogen and oxygen atoms in total. The van der Waals surface area contributed by atoms with Crippen LogP contribution in [-0.2, 0) is 4.79 Å². The van der Waals surface area contributed by atoms with Crippen LogP contribution in [0.2, 0.25) is 10.0 Å². The molecule has 2 heterocycles. The van der Waals surface area contributed by atoms with E-state index in [2.05, 4.69) is 5.32 Å². The largest absolute Gasteiger partial charge is 0.495 e. The van der Waals surface area contributed by atoms with E-state index in [4.69, 9.17) is 37.7 Å². The van der Waals surface area contributed by atoms with Gasteiger partial charge < -0.3 is 19.9 Å². The zero-order valence-corrected chi connectivity index (χ0v) is 23.3. The minimum absolute atomic E-state index is 0.378. The second-order valence-corrected chi connectivity index (χ2v) is 11.6. The molecular formula is C30H32Cl2N2O4. The minimum Gasteiger partial charge on any atom is -0.495 e. The van der Waals surface area contributed by atoms with Gasteiger partial charge in [0.25, 0.3) is 5.91 Å². The SMILES string of the molecule is COc1cc(-c2cc3c(nc2-c2ccccc2Cl)OC2(CCCCC2)CC3NC(=O)C(C)(C)O)ccc1Cl. The number of rotatable bonds is 5. The van der Waals surface area contributed by atoms with Crippen LogP contribution < -0.4 is 14.8 Å². The fourth-order valence-electron chi connectivity index (χ4n) is 5.44. The van der Waals surface area contributed by atoms with Crippen LogP contribution in [0.4, 0.5) is 0 Å². The number of nitrogens with one attached hydrogen (secondary N) is 1. The van der Waals surface area contributed by atoms with E-state index in [1.165, 1.54) is 13.8 Å². The Morgan fingerprint density at radius 3 is 2.50 bits per heavy atom. The van der Waals surface area contributed by atoms with Gasteiger partial charge in [0.1, 0.15) is 17.0 Å². The first-order chi connectivity index (χ1) is 18.1. The number of carbonyl (C=O) groups is 1. The lowest BCUT2D eigenvalue weighted by atomic mass is 9.77. The lowest BCUT2D eigenvalue weighted by Crippen LogP contribution is -2.50. The van der Waals surface area contributed by atoms with Crippen LogP contribution in [0.5, 0.6) is 11.6 Å². The Labute approximate surface area is 233 Å². The van der Waals surface area contributed by atoms with E-state index in [0.29, 0.717) is 33.8 Å². The van der Waals surface area contributed by atoms with Crippen molar-refractivity contribution < 1.29 is 19.4 Å². The van der Waals surface area contributed by atoms with Crippen molar-refractivity contribution in [3.8, 4) is 34.0 Å². The van der Waals surface area contributed by atoms with E-state index < -0.39 is 17.1 Å². The number of hydrogen-bond donors (Lipinski definition) is 2. The van der Waals surface area contributed by atoms with E-state index in [9.17, 15) is 9.90 Å². The van der Waals surface area contributed by atoms with Crippen LogP contribution >= 0.6 is 23.2 Å². The van der Waals surface area contributed by atoms with Gasteiger partial charge in [-0.1, -0.05) is 53.9 Å². The van der Waals surface area contributed by atoms with Gasteiger partial charge in [-0.05, 0) is 69.4 Å². The lowest BCUT2D eigenvalue weighted by molar-refractivity contribution is -0.138. The molecule has 38 heavy (non-hydrogen) atoms. The number of ether oxygens (including phenoxy) is 2. The number of hydrogen-bond acceptors (Lipinski definition) is 5. The molecule has 1 fully saturated rings. The lowest BCUT2D eigenvalue weighted by Gasteiger charge is -2.44. The number of methoxy groups -OCH3 is 1. The number of amides is 1. The van der Waals surface area contributed by atoms with E-state index in [1.807, 2.05) is 42.5 Å². The Morgan fingerprint density at radius 2 is 1.82 bits per heavy atom. The number of aliphatic hydroxyl groups is 1. The van der Waals surface area contributed by atoms with Crippen LogP contribution in [-0.4, -0.2) is 34.3 Å². The molecule has 8 heteroatoms. The molecule has 200 valence electrons. The minimum atomic E-state index is -1.52. The van der Waals surface area contributed by atoms with Crippen molar-refractivity contribution in [1.82, 2.24) is 10.3 Å². The van der Waals surface area contributed by atoms with Gasteiger partial charge in [-0.3, -0.25) is 4.79 Å². The second-order valence-electron chi connectivity index (χ2n) is 10.7. The smallest absolute Gasteiger partial charge is 0.251 e. The Morgan fingerprint density at radius 1 is 1.08 bits per heavy atom. The summed E-state index contributed by atoms with van der Waals surface area (Å²) < 4.78 is 12.2. The summed E-state index contributed by atoms with van der Waals surface area (Å²) >= 11 is 13.0. The van der Waals surface area contributed by atoms with Gasteiger partial charge in [-0.2, -0.15) is 0 Å². The molecule has 1 atom stereocenters. The number of fused-ring (bicyclic) bond motifs is 1. The van der Waals surface area contributed by atoms with Gasteiger partial charge >= 0.3 is 0 Å². The molecule has 1 amide bonds. The number of nitrogens with zero attached hydrogens (tertiary/aromatic N) is 1. The third kappa shape index (κ3) is 5.22. The molecule has 0 saturated heterocycles. The van der Waals surface area contributed by atoms with Crippen LogP contribution in [0.3, 0.4) is 0 Å². The second kappa shape index (κ2) is 10.4. The predicted octanol–water partition coefficient (Wildman–Crippen LogP) is 7.14. The maximum atomic E-state index is 13.0. The number of pyridine rings is 1. The molecule has 1 spiro atoms. The van der Waals surface area contributed by atoms with Crippen molar-refractivity contribution in [2.75, 3.05) is 7.11 Å². The number of carbonyl (C=O) groups excluding carboxylic acids is 1. The first-order valence-corrected chi connectivity index (χ1v) is 13.7. The van der Waals surface area contributed by atoms with Crippen molar-refractivity contribution in [3.63, 3.8) is 0 Å². The van der Waals surface area contributed by atoms with Crippen LogP contribution in [0.25, 0.3) is 22.4 Å². The molecular weight excluding hydrogens is 523 g/mol. The standard InChI is InChI=1S/C30H32Cl2N2O4/c1-29(2,36)28(35)33-24-17-30(13-7-4-8-14-30)38-27-21(24)16-20(18-11-12-23(32)25(15-18)37-3)26(34-27)19-9-5-6-10-22(19)31/h5-6,9-12,15-16,24,36H,4,7-8,13-14,17H2,1-3H3,(H,33,35). The summed E-state index contributed by atoms with van der Waals surface area (Å²) in [6, 6.07) is 14.8. The molecule has 1 unspecified atom stereocenters. The molecule has 0 radical (unpaired) electrons. The predicted molar refractivity (Wildman–Crippen MR) is 150 cm³/mol. The monoisotopic (exact) mass is 554 g/mol. The molecule has 1 aliphatic heterocycles. The Hall–Kier alpha value is -2.80. The van der Waals surface area contributed by atoms with Gasteiger partial charge in [0.15, 0.2) is 0 Å². The zero-order valence-electron chi connectivity index (χ0n) is 21.8. The van der Waals surface area contributed by atoms with Crippen molar-refractivity contribution in [2.24, 2.45) is 0 Å². The molecule has 2 aliphatic rings. The Bertz CT molecular complexity index is 1360. The summed E-state index contributed by atoms with van der Waals surface area (Å²) in [6.07, 6.45) is 5.66. The average Bonchev–Trinajstić information content (AvgIpc) is 2.88. The zero-order chi connectivity index (χ0) is 27.1. The molecule has 1 aromatic heterocycles. The molecule has 1 aliphatic carbocycles. The normalized spacial score (nSPS) is 18.4. The Kier molecular flexibility index (Phi) is 7.33. The highest BCUT2D eigenvalue weighted by atomic mass is 35.5. The van der Waals surface area contributed by atoms with Crippen molar-refractivity contribution in [3.05, 3.63) is 64.1 Å². The van der Waals surface area contributed by atoms with Gasteiger partial charge in [-0.25, -0.2) is 4.98 Å². The molecule has 2 N–H and O–H groups in total. The van der Waals surface area contributed by atoms with Crippen molar-refractivity contribution in [2.45, 2.75) is 69.6 Å². The van der Waals surface area contributed by atoms with Gasteiger partial charge in [0.05, 0.1) is 23.9 Å². The van der Waals surface area contributed by atoms with Crippen LogP contribution in [0.1, 0.15) is 64.0 Å². The topological polar surface area (TPSA) is 80.7 Å². The summed E-state index contributed by atoms with van der Waals surface area (Å²) in [5.41, 5.74) is 1.90. The van der Waals surface area contributed by atoms with Crippen LogP contribution in [0.15, 0.2) is 48.5 Å². The van der Waals surface area contributed by atoms with Gasteiger partial charge in [-0.15, -0.1) is 0 Å². The van der Waals surface area contributed by atoms with E-state index >= 15 is 0 Å². The summed E-state index contributed by atoms with van der Waals surface area (Å²) in [7, 11) is 1.57. The average molecular weight is 556 g/mol. The molecule has 1 saturated carbocycles. The highest BCUT2D eigenvalue weighted by Gasteiger charge is 2.44. The maximum Gasteiger partial charge on any atom is 0.251 e. The van der Waals surface area contributed by atoms with Crippen molar-refractivity contribution in [1.29, 1.82) is 0 Å². The van der Waals surface area contributed by atoms with Gasteiger partial charge in [0.2, 0.25) is 5.88 Å². The number of benzene rings is 2. The molecule has 0 bridgehead atoms. The fourth-order valence-corrected chi connectivity index (χ4v) is 5.86. The Balaban J connectivity index is 1.72. The first-order valence-electron chi connectivity index (χ1n) is 13.0. The summed E-state index contributed by atoms with van der Waals surface area (Å²) in [4.78, 5) is 18.0. The van der Waals surface area contributed by atoms with E-state index in [0.717, 1.165) is 54.4 Å². The highest BCUT2D eigenvalue weighted by Crippen LogP contribution is 2.49. The summed E-state index contributed by atoms with van der Waals surface area (Å²) in [5.74, 6) is 0.585. The number of aromatic nitrogens is 1. The molecule has 2 aromatic carbocycles. The summed E-state index contributed by atoms with van der Waals surface area (Å²) in [6.45, 7) is 2.98. The third-order valence-electron chi connectivity index (χ3n) is 7.50. The fraction of sp³-hybridized carbons (Fsp3) is 0.400. The maximum absolute atomic E-state index is 13.0. The van der Waals surface area contributed by atoms with Crippen LogP contribution in [0, 0.1) is 0 Å². The molecule has 5 rings (SSSR count). The van der Waals surface area contributed by atoms with Gasteiger partial charge in [0, 0.05) is 28.1 Å². The summed E-state index contributed by atoms with van der Waals surface area (Å²) in [5, 5.41) is 14.6.